The van der Waals surface area contributed by atoms with E-state index in [0.29, 0.717) is 0 Å². The molecule has 5 rings (SSSR count). The zero-order valence-corrected chi connectivity index (χ0v) is 14.1. The van der Waals surface area contributed by atoms with E-state index < -0.39 is 0 Å². The van der Waals surface area contributed by atoms with Crippen molar-refractivity contribution < 1.29 is 4.79 Å². The highest BCUT2D eigenvalue weighted by Gasteiger charge is 2.12. The number of fused-ring (bicyclic) bond motifs is 5. The minimum absolute atomic E-state index is 0.720. The molecule has 0 bridgehead atoms. The number of carbonyl (C=O) groups is 1. The average Bonchev–Trinajstić information content (AvgIpc) is 2.73. The quantitative estimate of drug-likeness (QED) is 0.262. The summed E-state index contributed by atoms with van der Waals surface area (Å²) >= 11 is 0. The fraction of sp³-hybridized carbons (Fsp3) is 0. The number of hydrogen-bond donors (Lipinski definition) is 0. The van der Waals surface area contributed by atoms with E-state index in [2.05, 4.69) is 66.7 Å². The van der Waals surface area contributed by atoms with Crippen molar-refractivity contribution in [2.75, 3.05) is 0 Å². The lowest BCUT2D eigenvalue weighted by molar-refractivity contribution is 0.112. The normalized spacial score (nSPS) is 11.2. The van der Waals surface area contributed by atoms with Crippen LogP contribution in [-0.4, -0.2) is 6.29 Å². The van der Waals surface area contributed by atoms with Gasteiger partial charge in [0.05, 0.1) is 0 Å². The third-order valence-electron chi connectivity index (χ3n) is 5.14. The van der Waals surface area contributed by atoms with Crippen molar-refractivity contribution in [3.05, 3.63) is 96.6 Å². The van der Waals surface area contributed by atoms with E-state index in [4.69, 9.17) is 0 Å². The van der Waals surface area contributed by atoms with Gasteiger partial charge in [-0.05, 0) is 49.5 Å². The topological polar surface area (TPSA) is 17.1 Å². The minimum atomic E-state index is 0.720. The fourth-order valence-corrected chi connectivity index (χ4v) is 3.93. The average molecular weight is 332 g/mol. The lowest BCUT2D eigenvalue weighted by atomic mass is 9.89. The van der Waals surface area contributed by atoms with Gasteiger partial charge >= 0.3 is 0 Å². The molecule has 0 aliphatic carbocycles. The molecule has 0 amide bonds. The Morgan fingerprint density at radius 3 is 2.00 bits per heavy atom. The molecule has 1 heteroatoms. The van der Waals surface area contributed by atoms with Crippen LogP contribution >= 0.6 is 0 Å². The maximum Gasteiger partial charge on any atom is 0.150 e. The molecule has 0 radical (unpaired) electrons. The molecule has 0 saturated carbocycles. The summed E-state index contributed by atoms with van der Waals surface area (Å²) in [5, 5.41) is 7.31. The minimum Gasteiger partial charge on any atom is -0.298 e. The van der Waals surface area contributed by atoms with Crippen molar-refractivity contribution in [2.45, 2.75) is 0 Å². The maximum absolute atomic E-state index is 11.6. The van der Waals surface area contributed by atoms with Gasteiger partial charge in [0.2, 0.25) is 0 Å². The third-order valence-corrected chi connectivity index (χ3v) is 5.14. The van der Waals surface area contributed by atoms with Crippen LogP contribution in [0, 0.1) is 0 Å². The van der Waals surface area contributed by atoms with Crippen LogP contribution in [-0.2, 0) is 0 Å². The van der Waals surface area contributed by atoms with Crippen molar-refractivity contribution >= 4 is 38.6 Å². The standard InChI is InChI=1S/C25H16O/c26-16-18-8-2-4-10-20(18)25-15-24-19-9-3-1-7-17(19)13-14-23(24)21-11-5-6-12-22(21)25/h1-16H. The highest BCUT2D eigenvalue weighted by atomic mass is 16.1. The van der Waals surface area contributed by atoms with Gasteiger partial charge in [-0.1, -0.05) is 84.9 Å². The Bertz CT molecular complexity index is 1300. The summed E-state index contributed by atoms with van der Waals surface area (Å²) in [6, 6.07) is 31.3. The first-order chi connectivity index (χ1) is 12.9. The second kappa shape index (κ2) is 5.82. The molecule has 5 aromatic rings. The molecular formula is C25H16O. The molecule has 0 atom stereocenters. The van der Waals surface area contributed by atoms with Crippen molar-refractivity contribution in [3.8, 4) is 11.1 Å². The van der Waals surface area contributed by atoms with Gasteiger partial charge in [0.1, 0.15) is 0 Å². The fourth-order valence-electron chi connectivity index (χ4n) is 3.93. The van der Waals surface area contributed by atoms with Gasteiger partial charge in [-0.3, -0.25) is 4.79 Å². The zero-order valence-electron chi connectivity index (χ0n) is 14.1. The van der Waals surface area contributed by atoms with Crippen LogP contribution < -0.4 is 0 Å². The van der Waals surface area contributed by atoms with Crippen LogP contribution in [0.1, 0.15) is 10.4 Å². The SMILES string of the molecule is O=Cc1ccccc1-c1cc2c3ccccc3ccc2c2ccccc12. The van der Waals surface area contributed by atoms with Crippen molar-refractivity contribution in [1.29, 1.82) is 0 Å². The monoisotopic (exact) mass is 332 g/mol. The first kappa shape index (κ1) is 14.9. The van der Waals surface area contributed by atoms with Crippen molar-refractivity contribution in [1.82, 2.24) is 0 Å². The summed E-state index contributed by atoms with van der Waals surface area (Å²) < 4.78 is 0. The molecule has 1 nitrogen and oxygen atoms in total. The number of aldehydes is 1. The Kier molecular flexibility index (Phi) is 3.32. The van der Waals surface area contributed by atoms with E-state index >= 15 is 0 Å². The Balaban J connectivity index is 2.02. The van der Waals surface area contributed by atoms with Gasteiger partial charge in [-0.2, -0.15) is 0 Å². The second-order valence-corrected chi connectivity index (χ2v) is 6.56. The van der Waals surface area contributed by atoms with E-state index in [9.17, 15) is 4.79 Å². The molecule has 0 unspecified atom stereocenters. The van der Waals surface area contributed by atoms with Gasteiger partial charge in [-0.15, -0.1) is 0 Å². The number of hydrogen-bond acceptors (Lipinski definition) is 1. The molecule has 0 saturated heterocycles. The first-order valence-corrected chi connectivity index (χ1v) is 8.74. The Hall–Kier alpha value is -3.45. The maximum atomic E-state index is 11.6. The predicted octanol–water partition coefficient (Wildman–Crippen LogP) is 6.63. The Morgan fingerprint density at radius 2 is 1.15 bits per heavy atom. The van der Waals surface area contributed by atoms with E-state index in [0.717, 1.165) is 23.0 Å². The van der Waals surface area contributed by atoms with Crippen LogP contribution in [0.25, 0.3) is 43.4 Å². The lowest BCUT2D eigenvalue weighted by Gasteiger charge is -2.14. The van der Waals surface area contributed by atoms with Crippen molar-refractivity contribution in [3.63, 3.8) is 0 Å². The molecule has 0 heterocycles. The van der Waals surface area contributed by atoms with Crippen LogP contribution in [0.5, 0.6) is 0 Å². The predicted molar refractivity (Wildman–Crippen MR) is 110 cm³/mol. The number of carbonyl (C=O) groups excluding carboxylic acids is 1. The van der Waals surface area contributed by atoms with Gasteiger partial charge in [-0.25, -0.2) is 0 Å². The molecular weight excluding hydrogens is 316 g/mol. The summed E-state index contributed by atoms with van der Waals surface area (Å²) in [6.07, 6.45) is 0.942. The summed E-state index contributed by atoms with van der Waals surface area (Å²) in [7, 11) is 0. The number of rotatable bonds is 2. The van der Waals surface area contributed by atoms with Gasteiger partial charge < -0.3 is 0 Å². The third kappa shape index (κ3) is 2.14. The Morgan fingerprint density at radius 1 is 0.500 bits per heavy atom. The van der Waals surface area contributed by atoms with Gasteiger partial charge in [0.25, 0.3) is 0 Å². The molecule has 0 spiro atoms. The highest BCUT2D eigenvalue weighted by Crippen LogP contribution is 2.38. The van der Waals surface area contributed by atoms with Crippen LogP contribution in [0.15, 0.2) is 91.0 Å². The summed E-state index contributed by atoms with van der Waals surface area (Å²) in [6.45, 7) is 0. The molecule has 26 heavy (non-hydrogen) atoms. The molecule has 122 valence electrons. The Labute approximate surface area is 151 Å². The molecule has 0 aliphatic rings. The molecule has 5 aromatic carbocycles. The lowest BCUT2D eigenvalue weighted by Crippen LogP contribution is -1.90. The smallest absolute Gasteiger partial charge is 0.150 e. The van der Waals surface area contributed by atoms with Crippen LogP contribution in [0.3, 0.4) is 0 Å². The molecule has 0 aliphatic heterocycles. The second-order valence-electron chi connectivity index (χ2n) is 6.56. The zero-order chi connectivity index (χ0) is 17.5. The number of benzene rings is 5. The largest absolute Gasteiger partial charge is 0.298 e. The van der Waals surface area contributed by atoms with E-state index in [1.54, 1.807) is 0 Å². The molecule has 0 aromatic heterocycles. The summed E-state index contributed by atoms with van der Waals surface area (Å²) in [5.74, 6) is 0. The van der Waals surface area contributed by atoms with Crippen molar-refractivity contribution in [2.24, 2.45) is 0 Å². The van der Waals surface area contributed by atoms with Crippen LogP contribution in [0.4, 0.5) is 0 Å². The van der Waals surface area contributed by atoms with Gasteiger partial charge in [0, 0.05) is 5.56 Å². The summed E-state index contributed by atoms with van der Waals surface area (Å²) in [4.78, 5) is 11.6. The van der Waals surface area contributed by atoms with Gasteiger partial charge in [0.15, 0.2) is 6.29 Å². The first-order valence-electron chi connectivity index (χ1n) is 8.74. The highest BCUT2D eigenvalue weighted by molar-refractivity contribution is 6.21. The molecule has 0 N–H and O–H groups in total. The van der Waals surface area contributed by atoms with E-state index in [-0.39, 0.29) is 0 Å². The van der Waals surface area contributed by atoms with Crippen LogP contribution in [0.2, 0.25) is 0 Å². The van der Waals surface area contributed by atoms with E-state index in [1.807, 2.05) is 24.3 Å². The molecule has 0 fully saturated rings. The van der Waals surface area contributed by atoms with E-state index in [1.165, 1.54) is 32.3 Å². The summed E-state index contributed by atoms with van der Waals surface area (Å²) in [5.41, 5.74) is 2.80.